The van der Waals surface area contributed by atoms with E-state index in [9.17, 15) is 4.79 Å². The predicted molar refractivity (Wildman–Crippen MR) is 173 cm³/mol. The van der Waals surface area contributed by atoms with Crippen molar-refractivity contribution in [2.75, 3.05) is 29.0 Å². The van der Waals surface area contributed by atoms with Gasteiger partial charge in [-0.3, -0.25) is 0 Å². The van der Waals surface area contributed by atoms with Crippen LogP contribution in [0.2, 0.25) is 0 Å². The summed E-state index contributed by atoms with van der Waals surface area (Å²) in [7, 11) is 0. The summed E-state index contributed by atoms with van der Waals surface area (Å²) in [5, 5.41) is 10.3. The fourth-order valence-corrected chi connectivity index (χ4v) is 6.57. The zero-order valence-corrected chi connectivity index (χ0v) is 26.3. The largest absolute Gasteiger partial charge is 0.365 e. The first kappa shape index (κ1) is 31.6. The molecule has 0 atom stereocenters. The number of amides is 2. The highest BCUT2D eigenvalue weighted by atomic mass is 79.9. The van der Waals surface area contributed by atoms with Crippen molar-refractivity contribution in [1.29, 1.82) is 0 Å². The number of aromatic nitrogens is 4. The number of carbonyl (C=O) groups excluding carboxylic acids is 1. The molecule has 41 heavy (non-hydrogen) atoms. The summed E-state index contributed by atoms with van der Waals surface area (Å²) in [5.74, 6) is 1.44. The Balaban J connectivity index is 0.00000194. The number of carbonyl (C=O) groups is 1. The number of urea groups is 1. The van der Waals surface area contributed by atoms with Crippen LogP contribution in [0.15, 0.2) is 35.1 Å². The van der Waals surface area contributed by atoms with Crippen molar-refractivity contribution in [1.82, 2.24) is 24.4 Å². The summed E-state index contributed by atoms with van der Waals surface area (Å²) in [6.45, 7) is 1.35. The zero-order chi connectivity index (χ0) is 26.8. The molecule has 0 radical (unpaired) electrons. The molecule has 3 fully saturated rings. The highest BCUT2D eigenvalue weighted by Crippen LogP contribution is 2.34. The van der Waals surface area contributed by atoms with Crippen LogP contribution in [0.4, 0.5) is 22.2 Å². The average molecular weight is 669 g/mol. The van der Waals surface area contributed by atoms with E-state index in [0.29, 0.717) is 37.2 Å². The van der Waals surface area contributed by atoms with Crippen molar-refractivity contribution in [3.8, 4) is 0 Å². The Morgan fingerprint density at radius 2 is 1.63 bits per heavy atom. The average Bonchev–Trinajstić information content (AvgIpc) is 3.61. The van der Waals surface area contributed by atoms with E-state index in [2.05, 4.69) is 36.4 Å². The molecule has 2 aromatic heterocycles. The lowest BCUT2D eigenvalue weighted by Crippen LogP contribution is -2.44. The van der Waals surface area contributed by atoms with Crippen LogP contribution in [0.3, 0.4) is 0 Å². The number of rotatable bonds is 6. The number of hydrogen-bond acceptors (Lipinski definition) is 7. The van der Waals surface area contributed by atoms with Crippen molar-refractivity contribution in [3.63, 3.8) is 0 Å². The number of likely N-dealkylation sites (tertiary alicyclic amines) is 1. The molecule has 224 valence electrons. The number of halogens is 3. The Kier molecular flexibility index (Phi) is 11.0. The zero-order valence-electron chi connectivity index (χ0n) is 23.1. The lowest BCUT2D eigenvalue weighted by Gasteiger charge is -2.32. The van der Waals surface area contributed by atoms with Crippen molar-refractivity contribution in [3.05, 3.63) is 35.1 Å². The van der Waals surface area contributed by atoms with E-state index < -0.39 is 0 Å². The van der Waals surface area contributed by atoms with E-state index in [1.807, 2.05) is 35.5 Å². The third-order valence-electron chi connectivity index (χ3n) is 8.44. The maximum atomic E-state index is 12.8. The quantitative estimate of drug-likeness (QED) is 0.242. The van der Waals surface area contributed by atoms with Gasteiger partial charge in [0.1, 0.15) is 0 Å². The number of nitrogens with one attached hydrogen (secondary N) is 3. The molecular formula is C28H40BrCl2N9O. The number of fused-ring (bicyclic) bond motifs is 1. The van der Waals surface area contributed by atoms with Gasteiger partial charge in [-0.2, -0.15) is 9.97 Å². The molecule has 10 nitrogen and oxygen atoms in total. The van der Waals surface area contributed by atoms with E-state index in [0.717, 1.165) is 65.7 Å². The summed E-state index contributed by atoms with van der Waals surface area (Å²) < 4.78 is 3.20. The normalized spacial score (nSPS) is 21.7. The number of nitrogens with two attached hydrogens (primary N) is 1. The third-order valence-corrected chi connectivity index (χ3v) is 8.94. The fourth-order valence-electron chi connectivity index (χ4n) is 6.17. The minimum absolute atomic E-state index is 0. The Morgan fingerprint density at radius 3 is 2.34 bits per heavy atom. The van der Waals surface area contributed by atoms with E-state index in [1.165, 1.54) is 25.7 Å². The predicted octanol–water partition coefficient (Wildman–Crippen LogP) is 6.34. The third kappa shape index (κ3) is 7.55. The number of imidazole rings is 1. The van der Waals surface area contributed by atoms with Crippen molar-refractivity contribution in [2.24, 2.45) is 5.73 Å². The Morgan fingerprint density at radius 1 is 0.927 bits per heavy atom. The maximum absolute atomic E-state index is 12.8. The SMILES string of the molecule is Cl.Cl.NC1CCC(Nc2nc(NC3CCN(C(=O)Nc4cccc(Br)c4)CC3)c3ncn(C4CCCC4)c3n2)CC1. The summed E-state index contributed by atoms with van der Waals surface area (Å²) in [4.78, 5) is 29.4. The van der Waals surface area contributed by atoms with Crippen LogP contribution in [-0.4, -0.2) is 61.7 Å². The first-order chi connectivity index (χ1) is 19.0. The smallest absolute Gasteiger partial charge is 0.321 e. The van der Waals surface area contributed by atoms with Crippen LogP contribution in [0, 0.1) is 0 Å². The van der Waals surface area contributed by atoms with Gasteiger partial charge in [0.15, 0.2) is 17.0 Å². The van der Waals surface area contributed by atoms with Gasteiger partial charge in [0.05, 0.1) is 6.33 Å². The summed E-state index contributed by atoms with van der Waals surface area (Å²) in [6, 6.07) is 8.89. The second kappa shape index (κ2) is 14.2. The molecule has 13 heteroatoms. The number of benzene rings is 1. The van der Waals surface area contributed by atoms with Gasteiger partial charge in [0, 0.05) is 47.4 Å². The van der Waals surface area contributed by atoms with Crippen molar-refractivity contribution >= 4 is 75.4 Å². The second-order valence-electron chi connectivity index (χ2n) is 11.3. The van der Waals surface area contributed by atoms with Gasteiger partial charge in [0.2, 0.25) is 5.95 Å². The molecule has 3 heterocycles. The number of piperidine rings is 1. The lowest BCUT2D eigenvalue weighted by atomic mass is 9.92. The summed E-state index contributed by atoms with van der Waals surface area (Å²) in [5.41, 5.74) is 8.65. The van der Waals surface area contributed by atoms with Gasteiger partial charge < -0.3 is 31.2 Å². The molecule has 2 aliphatic carbocycles. The van der Waals surface area contributed by atoms with Gasteiger partial charge >= 0.3 is 6.03 Å². The molecule has 3 aliphatic rings. The van der Waals surface area contributed by atoms with Crippen molar-refractivity contribution < 1.29 is 4.79 Å². The van der Waals surface area contributed by atoms with Gasteiger partial charge in [-0.15, -0.1) is 24.8 Å². The lowest BCUT2D eigenvalue weighted by molar-refractivity contribution is 0.197. The minimum atomic E-state index is -0.0648. The fraction of sp³-hybridized carbons (Fsp3) is 0.571. The topological polar surface area (TPSA) is 126 Å². The van der Waals surface area contributed by atoms with Gasteiger partial charge in [-0.25, -0.2) is 9.78 Å². The number of hydrogen-bond donors (Lipinski definition) is 4. The van der Waals surface area contributed by atoms with Crippen LogP contribution < -0.4 is 21.7 Å². The van der Waals surface area contributed by atoms with E-state index in [1.54, 1.807) is 0 Å². The van der Waals surface area contributed by atoms with Crippen LogP contribution in [0.5, 0.6) is 0 Å². The molecule has 2 saturated carbocycles. The number of anilines is 3. The molecule has 5 N–H and O–H groups in total. The highest BCUT2D eigenvalue weighted by Gasteiger charge is 2.27. The molecule has 0 unspecified atom stereocenters. The van der Waals surface area contributed by atoms with Crippen LogP contribution in [0.25, 0.3) is 11.2 Å². The Labute approximate surface area is 262 Å². The van der Waals surface area contributed by atoms with Crippen LogP contribution >= 0.6 is 40.7 Å². The van der Waals surface area contributed by atoms with Crippen LogP contribution in [-0.2, 0) is 0 Å². The Hall–Kier alpha value is -2.34. The maximum Gasteiger partial charge on any atom is 0.321 e. The second-order valence-corrected chi connectivity index (χ2v) is 12.2. The molecule has 1 aromatic carbocycles. The van der Waals surface area contributed by atoms with Gasteiger partial charge in [0.25, 0.3) is 0 Å². The first-order valence-corrected chi connectivity index (χ1v) is 15.2. The standard InChI is InChI=1S/C28H38BrN9O.2ClH/c29-18-4-3-5-22(16-18)34-28(39)37-14-12-21(13-15-37)32-25-24-26(38(17-31-24)23-6-1-2-7-23)36-27(35-25)33-20-10-8-19(30)9-11-20;;/h3-5,16-17,19-21,23H,1-2,6-15,30H2,(H,34,39)(H2,32,33,35,36);2*1H. The van der Waals surface area contributed by atoms with Gasteiger partial charge in [-0.1, -0.05) is 34.8 Å². The molecule has 2 amide bonds. The minimum Gasteiger partial charge on any atom is -0.365 e. The van der Waals surface area contributed by atoms with Crippen LogP contribution in [0.1, 0.15) is 70.3 Å². The van der Waals surface area contributed by atoms with E-state index >= 15 is 0 Å². The number of nitrogens with zero attached hydrogens (tertiary/aromatic N) is 5. The highest BCUT2D eigenvalue weighted by molar-refractivity contribution is 9.10. The van der Waals surface area contributed by atoms with Crippen molar-refractivity contribution in [2.45, 2.75) is 88.4 Å². The molecule has 6 rings (SSSR count). The summed E-state index contributed by atoms with van der Waals surface area (Å²) >= 11 is 3.46. The van der Waals surface area contributed by atoms with Gasteiger partial charge in [-0.05, 0) is 69.6 Å². The Bertz CT molecular complexity index is 1300. The molecule has 0 spiro atoms. The molecule has 1 aliphatic heterocycles. The molecule has 1 saturated heterocycles. The molecule has 3 aromatic rings. The van der Waals surface area contributed by atoms with E-state index in [-0.39, 0.29) is 36.9 Å². The monoisotopic (exact) mass is 667 g/mol. The van der Waals surface area contributed by atoms with E-state index in [4.69, 9.17) is 20.7 Å². The molecular weight excluding hydrogens is 629 g/mol. The molecule has 0 bridgehead atoms. The first-order valence-electron chi connectivity index (χ1n) is 14.4. The summed E-state index contributed by atoms with van der Waals surface area (Å²) in [6.07, 6.45) is 12.6.